The minimum absolute atomic E-state index is 0.0102. The molecule has 3 aromatic carbocycles. The molecule has 0 saturated carbocycles. The van der Waals surface area contributed by atoms with Crippen LogP contribution in [0.3, 0.4) is 0 Å². The molecule has 9 heteroatoms. The van der Waals surface area contributed by atoms with Crippen LogP contribution >= 0.6 is 11.6 Å². The summed E-state index contributed by atoms with van der Waals surface area (Å²) in [5.74, 6) is -0.913. The van der Waals surface area contributed by atoms with Crippen LogP contribution in [0.15, 0.2) is 82.1 Å². The minimum Gasteiger partial charge on any atom is -0.462 e. The molecular weight excluding hydrogens is 502 g/mol. The lowest BCUT2D eigenvalue weighted by molar-refractivity contribution is -0.117. The maximum Gasteiger partial charge on any atom is 0.342 e. The van der Waals surface area contributed by atoms with E-state index in [0.29, 0.717) is 33.7 Å². The van der Waals surface area contributed by atoms with Gasteiger partial charge in [0.1, 0.15) is 16.9 Å². The van der Waals surface area contributed by atoms with Crippen molar-refractivity contribution in [3.05, 3.63) is 83.4 Å². The largest absolute Gasteiger partial charge is 0.462 e. The fourth-order valence-corrected chi connectivity index (χ4v) is 5.42. The molecule has 0 saturated heterocycles. The molecule has 0 radical (unpaired) electrons. The molecule has 0 aliphatic carbocycles. The molecule has 0 N–H and O–H groups in total. The zero-order valence-electron chi connectivity index (χ0n) is 19.7. The van der Waals surface area contributed by atoms with Crippen LogP contribution in [-0.4, -0.2) is 26.9 Å². The number of halogens is 1. The highest BCUT2D eigenvalue weighted by Crippen LogP contribution is 2.37. The fraction of sp³-hybridized carbons (Fsp3) is 0.185. The van der Waals surface area contributed by atoms with E-state index < -0.39 is 21.9 Å². The molecule has 1 aromatic heterocycles. The number of nitrogens with zero attached hydrogens (tertiary/aromatic N) is 1. The van der Waals surface area contributed by atoms with Gasteiger partial charge in [-0.3, -0.25) is 4.79 Å². The van der Waals surface area contributed by atoms with Gasteiger partial charge in [0.2, 0.25) is 5.91 Å². The van der Waals surface area contributed by atoms with Gasteiger partial charge in [-0.05, 0) is 55.8 Å². The molecule has 1 heterocycles. The summed E-state index contributed by atoms with van der Waals surface area (Å²) in [5, 5.41) is 0.707. The van der Waals surface area contributed by atoms with E-state index in [9.17, 15) is 18.0 Å². The van der Waals surface area contributed by atoms with Gasteiger partial charge in [0, 0.05) is 22.4 Å². The molecule has 0 bridgehead atoms. The van der Waals surface area contributed by atoms with E-state index in [1.165, 1.54) is 36.4 Å². The summed E-state index contributed by atoms with van der Waals surface area (Å²) in [6, 6.07) is 19.1. The Bertz CT molecular complexity index is 1510. The second kappa shape index (κ2) is 10.6. The molecular formula is C27H24ClNO6S. The van der Waals surface area contributed by atoms with Crippen LogP contribution in [0, 0.1) is 0 Å². The van der Waals surface area contributed by atoms with Gasteiger partial charge < -0.3 is 9.15 Å². The van der Waals surface area contributed by atoms with Crippen LogP contribution in [0.25, 0.3) is 22.3 Å². The van der Waals surface area contributed by atoms with Crippen molar-refractivity contribution in [2.24, 2.45) is 0 Å². The Morgan fingerprint density at radius 3 is 2.31 bits per heavy atom. The van der Waals surface area contributed by atoms with Crippen LogP contribution in [0.2, 0.25) is 5.02 Å². The van der Waals surface area contributed by atoms with Gasteiger partial charge in [-0.15, -0.1) is 0 Å². The maximum atomic E-state index is 13.6. The number of furan rings is 1. The topological polar surface area (TPSA) is 93.9 Å². The van der Waals surface area contributed by atoms with Crippen molar-refractivity contribution in [3.8, 4) is 11.3 Å². The summed E-state index contributed by atoms with van der Waals surface area (Å²) in [5.41, 5.74) is 1.26. The standard InChI is InChI=1S/C27H24ClNO6S/c1-3-8-24(30)29(36(32,33)21-14-11-19(28)12-15-21)20-13-16-23-22(17-20)25(27(31)34-4-2)26(35-23)18-9-6-5-7-10-18/h5-7,9-17H,3-4,8H2,1-2H3. The Kier molecular flexibility index (Phi) is 7.47. The summed E-state index contributed by atoms with van der Waals surface area (Å²) in [4.78, 5) is 26.0. The Hall–Kier alpha value is -3.62. The molecule has 0 atom stereocenters. The normalized spacial score (nSPS) is 11.4. The van der Waals surface area contributed by atoms with Crippen LogP contribution in [-0.2, 0) is 19.6 Å². The number of hydrogen-bond acceptors (Lipinski definition) is 6. The van der Waals surface area contributed by atoms with E-state index in [4.69, 9.17) is 20.8 Å². The zero-order chi connectivity index (χ0) is 25.9. The highest BCUT2D eigenvalue weighted by Gasteiger charge is 2.32. The number of carbonyl (C=O) groups is 2. The van der Waals surface area contributed by atoms with E-state index >= 15 is 0 Å². The van der Waals surface area contributed by atoms with Crippen molar-refractivity contribution in [1.82, 2.24) is 0 Å². The van der Waals surface area contributed by atoms with E-state index in [1.807, 2.05) is 18.2 Å². The van der Waals surface area contributed by atoms with Crippen molar-refractivity contribution in [1.29, 1.82) is 0 Å². The lowest BCUT2D eigenvalue weighted by atomic mass is 10.1. The number of sulfonamides is 1. The third-order valence-electron chi connectivity index (χ3n) is 5.46. The van der Waals surface area contributed by atoms with Gasteiger partial charge in [-0.1, -0.05) is 48.9 Å². The quantitative estimate of drug-likeness (QED) is 0.245. The molecule has 186 valence electrons. The Morgan fingerprint density at radius 1 is 0.972 bits per heavy atom. The van der Waals surface area contributed by atoms with Crippen LogP contribution in [0.4, 0.5) is 5.69 Å². The van der Waals surface area contributed by atoms with Crippen molar-refractivity contribution in [3.63, 3.8) is 0 Å². The molecule has 0 aliphatic heterocycles. The number of rotatable bonds is 8. The first-order valence-corrected chi connectivity index (χ1v) is 13.2. The van der Waals surface area contributed by atoms with Gasteiger partial charge in [0.15, 0.2) is 0 Å². The summed E-state index contributed by atoms with van der Waals surface area (Å²) < 4.78 is 39.2. The van der Waals surface area contributed by atoms with Gasteiger partial charge in [0.25, 0.3) is 10.0 Å². The monoisotopic (exact) mass is 525 g/mol. The number of benzene rings is 3. The summed E-state index contributed by atoms with van der Waals surface area (Å²) in [6.07, 6.45) is 0.460. The number of amides is 1. The molecule has 0 unspecified atom stereocenters. The number of carbonyl (C=O) groups excluding carboxylic acids is 2. The fourth-order valence-electron chi connectivity index (χ4n) is 3.85. The Morgan fingerprint density at radius 2 is 1.67 bits per heavy atom. The van der Waals surface area contributed by atoms with Gasteiger partial charge >= 0.3 is 5.97 Å². The summed E-state index contributed by atoms with van der Waals surface area (Å²) >= 11 is 5.93. The second-order valence-electron chi connectivity index (χ2n) is 7.94. The number of anilines is 1. The highest BCUT2D eigenvalue weighted by molar-refractivity contribution is 7.93. The predicted octanol–water partition coefficient (Wildman–Crippen LogP) is 6.45. The minimum atomic E-state index is -4.27. The van der Waals surface area contributed by atoms with E-state index in [1.54, 1.807) is 32.0 Å². The number of esters is 1. The Labute approximate surface area is 214 Å². The van der Waals surface area contributed by atoms with Crippen molar-refractivity contribution < 1.29 is 27.2 Å². The molecule has 4 aromatic rings. The molecule has 4 rings (SSSR count). The van der Waals surface area contributed by atoms with Crippen LogP contribution in [0.1, 0.15) is 37.0 Å². The zero-order valence-corrected chi connectivity index (χ0v) is 21.3. The average molecular weight is 526 g/mol. The summed E-state index contributed by atoms with van der Waals surface area (Å²) in [7, 11) is -4.27. The average Bonchev–Trinajstić information content (AvgIpc) is 3.24. The molecule has 0 spiro atoms. The smallest absolute Gasteiger partial charge is 0.342 e. The molecule has 36 heavy (non-hydrogen) atoms. The SMILES string of the molecule is CCCC(=O)N(c1ccc2oc(-c3ccccc3)c(C(=O)OCC)c2c1)S(=O)(=O)c1ccc(Cl)cc1. The van der Waals surface area contributed by atoms with Gasteiger partial charge in [-0.25, -0.2) is 17.5 Å². The van der Waals surface area contributed by atoms with E-state index in [0.717, 1.165) is 4.31 Å². The lowest BCUT2D eigenvalue weighted by Gasteiger charge is -2.22. The van der Waals surface area contributed by atoms with Gasteiger partial charge in [-0.2, -0.15) is 0 Å². The molecule has 7 nitrogen and oxygen atoms in total. The van der Waals surface area contributed by atoms with E-state index in [2.05, 4.69) is 0 Å². The van der Waals surface area contributed by atoms with Gasteiger partial charge in [0.05, 0.1) is 17.2 Å². The predicted molar refractivity (Wildman–Crippen MR) is 139 cm³/mol. The summed E-state index contributed by atoms with van der Waals surface area (Å²) in [6.45, 7) is 3.62. The Balaban J connectivity index is 1.94. The number of hydrogen-bond donors (Lipinski definition) is 0. The van der Waals surface area contributed by atoms with Crippen molar-refractivity contribution in [2.45, 2.75) is 31.6 Å². The van der Waals surface area contributed by atoms with Crippen LogP contribution < -0.4 is 4.31 Å². The first-order valence-electron chi connectivity index (χ1n) is 11.4. The second-order valence-corrected chi connectivity index (χ2v) is 10.2. The molecule has 1 amide bonds. The molecule has 0 fully saturated rings. The highest BCUT2D eigenvalue weighted by atomic mass is 35.5. The molecule has 0 aliphatic rings. The first kappa shape index (κ1) is 25.5. The van der Waals surface area contributed by atoms with Crippen molar-refractivity contribution >= 4 is 50.2 Å². The number of fused-ring (bicyclic) bond motifs is 1. The van der Waals surface area contributed by atoms with Crippen LogP contribution in [0.5, 0.6) is 0 Å². The third kappa shape index (κ3) is 4.87. The lowest BCUT2D eigenvalue weighted by Crippen LogP contribution is -2.36. The first-order chi connectivity index (χ1) is 17.3. The number of ether oxygens (including phenoxy) is 1. The van der Waals surface area contributed by atoms with E-state index in [-0.39, 0.29) is 29.2 Å². The third-order valence-corrected chi connectivity index (χ3v) is 7.48. The van der Waals surface area contributed by atoms with Crippen molar-refractivity contribution in [2.75, 3.05) is 10.9 Å². The maximum absolute atomic E-state index is 13.6.